The molecule has 5 rings (SSSR count). The van der Waals surface area contributed by atoms with Crippen molar-refractivity contribution in [2.75, 3.05) is 24.4 Å². The van der Waals surface area contributed by atoms with Gasteiger partial charge in [0.2, 0.25) is 5.95 Å². The number of carboxylic acid groups (broad SMARTS) is 1. The number of nitrogens with one attached hydrogen (secondary N) is 2. The molecule has 5 aromatic rings. The number of hydrogen-bond acceptors (Lipinski definition) is 8. The van der Waals surface area contributed by atoms with Gasteiger partial charge in [-0.2, -0.15) is 10.1 Å². The summed E-state index contributed by atoms with van der Waals surface area (Å²) in [5, 5.41) is 22.5. The summed E-state index contributed by atoms with van der Waals surface area (Å²) in [6.45, 7) is 13.8. The molecule has 1 amide bonds. The van der Waals surface area contributed by atoms with Crippen molar-refractivity contribution in [3.05, 3.63) is 96.2 Å². The fraction of sp³-hybridized carbons (Fsp3) is 0.385. The first kappa shape index (κ1) is 37.5. The fourth-order valence-corrected chi connectivity index (χ4v) is 11.4. The molecule has 1 atom stereocenters. The van der Waals surface area contributed by atoms with E-state index in [0.29, 0.717) is 42.2 Å². The predicted molar refractivity (Wildman–Crippen MR) is 207 cm³/mol. The van der Waals surface area contributed by atoms with Crippen molar-refractivity contribution in [2.24, 2.45) is 5.73 Å². The second kappa shape index (κ2) is 15.6. The molecule has 3 aromatic carbocycles. The van der Waals surface area contributed by atoms with Crippen LogP contribution in [0.1, 0.15) is 71.9 Å². The van der Waals surface area contributed by atoms with Crippen molar-refractivity contribution in [3.63, 3.8) is 0 Å². The minimum Gasteiger partial charge on any atom is -0.496 e. The maximum Gasteiger partial charge on any atom is 0.411 e. The molecular weight excluding hydrogens is 659 g/mol. The highest BCUT2D eigenvalue weighted by Crippen LogP contribution is 2.37. The lowest BCUT2D eigenvalue weighted by molar-refractivity contribution is 0.209. The molecule has 0 saturated heterocycles. The normalized spacial score (nSPS) is 12.9. The van der Waals surface area contributed by atoms with E-state index in [0.717, 1.165) is 24.0 Å². The monoisotopic (exact) mass is 709 g/mol. The van der Waals surface area contributed by atoms with Crippen LogP contribution in [-0.2, 0) is 16.5 Å². The number of methoxy groups -OCH3 is 1. The summed E-state index contributed by atoms with van der Waals surface area (Å²) in [5.74, 6) is 1.16. The Bertz CT molecular complexity index is 1880. The number of carbonyl (C=O) groups is 1. The minimum absolute atomic E-state index is 0.0275. The van der Waals surface area contributed by atoms with Crippen molar-refractivity contribution in [1.82, 2.24) is 19.7 Å². The van der Waals surface area contributed by atoms with Gasteiger partial charge in [-0.15, -0.1) is 0 Å². The lowest BCUT2D eigenvalue weighted by atomic mass is 9.93. The standard InChI is InChI=1S/C39H51N7O4Si/c1-8-15-29(22-23-50-51(38(2,3)4,30-16-11-9-12-17-30)31-18-13-10-14-19-31)42-35-34-32(43-36(44-35)45-37(47)48)25-41-46(34)26-27-24-28(39(5,6)40)20-21-33(27)49-7/h9-14,16-21,24-25,29H,8,15,22-23,26,40H2,1-7H3,(H,47,48)(H2,42,43,44,45). The molecule has 0 spiro atoms. The quantitative estimate of drug-likeness (QED) is 0.0870. The fourth-order valence-electron chi connectivity index (χ4n) is 6.78. The summed E-state index contributed by atoms with van der Waals surface area (Å²) in [5.41, 5.74) is 8.90. The van der Waals surface area contributed by atoms with E-state index in [4.69, 9.17) is 14.9 Å². The topological polar surface area (TPSA) is 149 Å². The van der Waals surface area contributed by atoms with E-state index in [1.165, 1.54) is 10.4 Å². The van der Waals surface area contributed by atoms with E-state index in [2.05, 4.69) is 102 Å². The van der Waals surface area contributed by atoms with Gasteiger partial charge in [0.05, 0.1) is 19.9 Å². The average molecular weight is 710 g/mol. The van der Waals surface area contributed by atoms with Gasteiger partial charge in [-0.25, -0.2) is 9.78 Å². The first-order valence-corrected chi connectivity index (χ1v) is 19.4. The average Bonchev–Trinajstić information content (AvgIpc) is 3.48. The van der Waals surface area contributed by atoms with Crippen LogP contribution in [0, 0.1) is 0 Å². The Morgan fingerprint density at radius 2 is 1.61 bits per heavy atom. The molecule has 2 heterocycles. The van der Waals surface area contributed by atoms with E-state index in [9.17, 15) is 9.90 Å². The van der Waals surface area contributed by atoms with Gasteiger partial charge in [0, 0.05) is 23.8 Å². The molecule has 0 aliphatic heterocycles. The summed E-state index contributed by atoms with van der Waals surface area (Å²) in [6.07, 6.45) is 2.83. The van der Waals surface area contributed by atoms with Crippen LogP contribution >= 0.6 is 0 Å². The van der Waals surface area contributed by atoms with Gasteiger partial charge < -0.3 is 25.3 Å². The first-order chi connectivity index (χ1) is 24.3. The molecule has 0 aliphatic rings. The van der Waals surface area contributed by atoms with Gasteiger partial charge in [-0.3, -0.25) is 10.00 Å². The largest absolute Gasteiger partial charge is 0.496 e. The van der Waals surface area contributed by atoms with Crippen LogP contribution in [0.5, 0.6) is 5.75 Å². The van der Waals surface area contributed by atoms with Gasteiger partial charge >= 0.3 is 6.09 Å². The molecule has 0 fully saturated rings. The highest BCUT2D eigenvalue weighted by atomic mass is 28.4. The number of fused-ring (bicyclic) bond motifs is 1. The molecule has 0 bridgehead atoms. The van der Waals surface area contributed by atoms with Gasteiger partial charge in [-0.05, 0) is 59.8 Å². The predicted octanol–water partition coefficient (Wildman–Crippen LogP) is 6.71. The highest BCUT2D eigenvalue weighted by Gasteiger charge is 2.50. The third-order valence-electron chi connectivity index (χ3n) is 9.23. The number of rotatable bonds is 15. The second-order valence-electron chi connectivity index (χ2n) is 14.5. The van der Waals surface area contributed by atoms with Gasteiger partial charge in [0.25, 0.3) is 8.32 Å². The Hall–Kier alpha value is -4.78. The van der Waals surface area contributed by atoms with Gasteiger partial charge in [0.15, 0.2) is 5.82 Å². The van der Waals surface area contributed by atoms with Crippen LogP contribution in [0.25, 0.3) is 11.0 Å². The van der Waals surface area contributed by atoms with Crippen molar-refractivity contribution in [3.8, 4) is 5.75 Å². The molecule has 0 saturated carbocycles. The molecule has 270 valence electrons. The second-order valence-corrected chi connectivity index (χ2v) is 18.8. The van der Waals surface area contributed by atoms with Crippen LogP contribution in [0.2, 0.25) is 5.04 Å². The molecule has 0 aliphatic carbocycles. The number of nitrogens with two attached hydrogens (primary N) is 1. The lowest BCUT2D eigenvalue weighted by Crippen LogP contribution is -2.66. The summed E-state index contributed by atoms with van der Waals surface area (Å²) in [6, 6.07) is 27.1. The SMILES string of the molecule is CCCC(CCO[Si](c1ccccc1)(c1ccccc1)C(C)(C)C)Nc1nc(NC(=O)O)nc2cnn(Cc3cc(C(C)(C)N)ccc3OC)c12. The van der Waals surface area contributed by atoms with Crippen molar-refractivity contribution < 1.29 is 19.1 Å². The van der Waals surface area contributed by atoms with Crippen molar-refractivity contribution in [2.45, 2.75) is 84.0 Å². The lowest BCUT2D eigenvalue weighted by Gasteiger charge is -2.43. The van der Waals surface area contributed by atoms with Crippen molar-refractivity contribution >= 4 is 47.6 Å². The molecule has 51 heavy (non-hydrogen) atoms. The van der Waals surface area contributed by atoms with E-state index in [1.807, 2.05) is 48.9 Å². The maximum atomic E-state index is 11.7. The van der Waals surface area contributed by atoms with E-state index >= 15 is 0 Å². The zero-order chi connectivity index (χ0) is 36.8. The molecule has 12 heteroatoms. The Morgan fingerprint density at radius 1 is 0.961 bits per heavy atom. The number of anilines is 2. The third kappa shape index (κ3) is 8.41. The van der Waals surface area contributed by atoms with E-state index in [1.54, 1.807) is 13.3 Å². The van der Waals surface area contributed by atoms with Gasteiger partial charge in [-0.1, -0.05) is 101 Å². The van der Waals surface area contributed by atoms with Crippen LogP contribution in [0.3, 0.4) is 0 Å². The number of aromatic nitrogens is 4. The smallest absolute Gasteiger partial charge is 0.411 e. The van der Waals surface area contributed by atoms with Crippen LogP contribution in [0.15, 0.2) is 85.1 Å². The zero-order valence-corrected chi connectivity index (χ0v) is 31.7. The Kier molecular flexibility index (Phi) is 11.5. The zero-order valence-electron chi connectivity index (χ0n) is 30.7. The molecule has 2 aromatic heterocycles. The molecule has 5 N–H and O–H groups in total. The third-order valence-corrected chi connectivity index (χ3v) is 14.3. The van der Waals surface area contributed by atoms with Gasteiger partial charge in [0.1, 0.15) is 16.8 Å². The summed E-state index contributed by atoms with van der Waals surface area (Å²) in [4.78, 5) is 20.8. The number of hydrogen-bond donors (Lipinski definition) is 4. The Balaban J connectivity index is 1.50. The summed E-state index contributed by atoms with van der Waals surface area (Å²) < 4.78 is 14.8. The van der Waals surface area contributed by atoms with E-state index < -0.39 is 19.9 Å². The minimum atomic E-state index is -2.73. The maximum absolute atomic E-state index is 11.7. The van der Waals surface area contributed by atoms with Crippen LogP contribution in [-0.4, -0.2) is 59.0 Å². The van der Waals surface area contributed by atoms with Crippen LogP contribution < -0.4 is 31.5 Å². The highest BCUT2D eigenvalue weighted by molar-refractivity contribution is 6.99. The van der Waals surface area contributed by atoms with E-state index in [-0.39, 0.29) is 17.0 Å². The number of ether oxygens (including phenoxy) is 1. The number of benzene rings is 3. The number of nitrogens with zero attached hydrogens (tertiary/aromatic N) is 4. The first-order valence-electron chi connectivity index (χ1n) is 17.5. The Morgan fingerprint density at radius 3 is 2.16 bits per heavy atom. The van der Waals surface area contributed by atoms with Crippen LogP contribution in [0.4, 0.5) is 16.6 Å². The number of amides is 1. The molecule has 1 unspecified atom stereocenters. The molecule has 11 nitrogen and oxygen atoms in total. The Labute approximate surface area is 301 Å². The molecule has 0 radical (unpaired) electrons. The summed E-state index contributed by atoms with van der Waals surface area (Å²) in [7, 11) is -1.10. The molecular formula is C39H51N7O4Si. The van der Waals surface area contributed by atoms with Crippen molar-refractivity contribution in [1.29, 1.82) is 0 Å². The summed E-state index contributed by atoms with van der Waals surface area (Å²) >= 11 is 0.